The minimum Gasteiger partial charge on any atom is -0.462 e. The van der Waals surface area contributed by atoms with E-state index in [1.807, 2.05) is 26.0 Å². The van der Waals surface area contributed by atoms with Crippen LogP contribution in [0.4, 0.5) is 0 Å². The maximum atomic E-state index is 10.7. The minimum atomic E-state index is -1.56. The second-order valence-electron chi connectivity index (χ2n) is 8.57. The van der Waals surface area contributed by atoms with Crippen LogP contribution in [0, 0.1) is 12.8 Å². The molecule has 3 rings (SSSR count). The SMILES string of the molecule is CCc1ccc(OC2OC(CO)C(OC3CC(CO)C(O)C(O)C3O)C(O)C2O)c(C)c1. The highest BCUT2D eigenvalue weighted by Gasteiger charge is 2.50. The lowest BCUT2D eigenvalue weighted by Crippen LogP contribution is -2.63. The first-order valence-electron chi connectivity index (χ1n) is 10.9. The monoisotopic (exact) mass is 458 g/mol. The van der Waals surface area contributed by atoms with Crippen molar-refractivity contribution in [3.63, 3.8) is 0 Å². The Hall–Kier alpha value is -1.34. The molecule has 10 nitrogen and oxygen atoms in total. The first-order valence-corrected chi connectivity index (χ1v) is 10.9. The fraction of sp³-hybridized carbons (Fsp3) is 0.727. The highest BCUT2D eigenvalue weighted by Crippen LogP contribution is 2.33. The van der Waals surface area contributed by atoms with Gasteiger partial charge in [-0.3, -0.25) is 0 Å². The van der Waals surface area contributed by atoms with Gasteiger partial charge in [0.05, 0.1) is 18.8 Å². The zero-order valence-electron chi connectivity index (χ0n) is 18.2. The third-order valence-electron chi connectivity index (χ3n) is 6.38. The molecule has 1 aromatic carbocycles. The molecule has 10 heteroatoms. The molecule has 1 saturated carbocycles. The number of aliphatic hydroxyl groups is 7. The van der Waals surface area contributed by atoms with Gasteiger partial charge >= 0.3 is 0 Å². The number of rotatable bonds is 7. The molecule has 1 heterocycles. The average molecular weight is 459 g/mol. The maximum Gasteiger partial charge on any atom is 0.229 e. The van der Waals surface area contributed by atoms with Crippen LogP contribution >= 0.6 is 0 Å². The Labute approximate surface area is 186 Å². The summed E-state index contributed by atoms with van der Waals surface area (Å²) in [6.45, 7) is 2.86. The van der Waals surface area contributed by atoms with Crippen molar-refractivity contribution >= 4 is 0 Å². The number of ether oxygens (including phenoxy) is 3. The van der Waals surface area contributed by atoms with E-state index in [4.69, 9.17) is 14.2 Å². The third-order valence-corrected chi connectivity index (χ3v) is 6.38. The summed E-state index contributed by atoms with van der Waals surface area (Å²) in [7, 11) is 0. The number of aryl methyl sites for hydroxylation is 2. The first-order chi connectivity index (χ1) is 15.2. The van der Waals surface area contributed by atoms with E-state index >= 15 is 0 Å². The van der Waals surface area contributed by atoms with Crippen LogP contribution in [0.25, 0.3) is 0 Å². The van der Waals surface area contributed by atoms with Crippen molar-refractivity contribution in [2.75, 3.05) is 13.2 Å². The van der Waals surface area contributed by atoms with Crippen LogP contribution in [0.3, 0.4) is 0 Å². The van der Waals surface area contributed by atoms with Crippen molar-refractivity contribution < 1.29 is 50.0 Å². The van der Waals surface area contributed by atoms with Crippen molar-refractivity contribution in [2.45, 2.75) is 81.8 Å². The molecular weight excluding hydrogens is 424 g/mol. The molecule has 1 aromatic rings. The Morgan fingerprint density at radius 3 is 2.25 bits per heavy atom. The minimum absolute atomic E-state index is 0.00371. The van der Waals surface area contributed by atoms with E-state index in [1.54, 1.807) is 6.07 Å². The molecule has 1 aliphatic carbocycles. The molecule has 0 spiro atoms. The van der Waals surface area contributed by atoms with Crippen LogP contribution in [-0.2, 0) is 15.9 Å². The number of benzene rings is 1. The molecule has 0 aromatic heterocycles. The fourth-order valence-electron chi connectivity index (χ4n) is 4.31. The van der Waals surface area contributed by atoms with Gasteiger partial charge in [-0.15, -0.1) is 0 Å². The molecule has 1 aliphatic heterocycles. The number of aliphatic hydroxyl groups excluding tert-OH is 7. The molecule has 0 bridgehead atoms. The molecule has 0 amide bonds. The Morgan fingerprint density at radius 2 is 1.66 bits per heavy atom. The Bertz CT molecular complexity index is 741. The van der Waals surface area contributed by atoms with Gasteiger partial charge in [0, 0.05) is 12.5 Å². The molecule has 2 fully saturated rings. The molecule has 2 aliphatic rings. The number of hydrogen-bond acceptors (Lipinski definition) is 10. The van der Waals surface area contributed by atoms with Crippen molar-refractivity contribution in [2.24, 2.45) is 5.92 Å². The first kappa shape index (κ1) is 25.3. The molecule has 182 valence electrons. The van der Waals surface area contributed by atoms with Gasteiger partial charge in [-0.2, -0.15) is 0 Å². The van der Waals surface area contributed by atoms with Gasteiger partial charge in [0.15, 0.2) is 0 Å². The summed E-state index contributed by atoms with van der Waals surface area (Å²) in [4.78, 5) is 0. The zero-order valence-corrected chi connectivity index (χ0v) is 18.2. The van der Waals surface area contributed by atoms with E-state index in [0.29, 0.717) is 5.75 Å². The summed E-state index contributed by atoms with van der Waals surface area (Å²) in [5.41, 5.74) is 1.93. The van der Waals surface area contributed by atoms with Crippen molar-refractivity contribution in [1.29, 1.82) is 0 Å². The molecular formula is C22H34O10. The topological polar surface area (TPSA) is 169 Å². The maximum absolute atomic E-state index is 10.7. The predicted molar refractivity (Wildman–Crippen MR) is 111 cm³/mol. The second-order valence-corrected chi connectivity index (χ2v) is 8.57. The summed E-state index contributed by atoms with van der Waals surface area (Å²) in [5.74, 6) is -0.289. The lowest BCUT2D eigenvalue weighted by Gasteiger charge is -2.46. The quantitative estimate of drug-likeness (QED) is 0.248. The zero-order chi connectivity index (χ0) is 23.6. The van der Waals surface area contributed by atoms with E-state index in [0.717, 1.165) is 17.5 Å². The Kier molecular flexibility index (Phi) is 8.48. The number of hydrogen-bond donors (Lipinski definition) is 7. The van der Waals surface area contributed by atoms with Gasteiger partial charge in [0.25, 0.3) is 0 Å². The largest absolute Gasteiger partial charge is 0.462 e. The van der Waals surface area contributed by atoms with Gasteiger partial charge < -0.3 is 50.0 Å². The van der Waals surface area contributed by atoms with Gasteiger partial charge in [-0.25, -0.2) is 0 Å². The summed E-state index contributed by atoms with van der Waals surface area (Å²) in [5, 5.41) is 70.9. The van der Waals surface area contributed by atoms with E-state index < -0.39 is 74.3 Å². The van der Waals surface area contributed by atoms with Crippen LogP contribution in [0.1, 0.15) is 24.5 Å². The van der Waals surface area contributed by atoms with E-state index in [1.165, 1.54) is 0 Å². The summed E-state index contributed by atoms with van der Waals surface area (Å²) in [6, 6.07) is 5.57. The molecule has 10 unspecified atom stereocenters. The molecule has 7 N–H and O–H groups in total. The predicted octanol–water partition coefficient (Wildman–Crippen LogP) is -1.78. The Morgan fingerprint density at radius 1 is 0.938 bits per heavy atom. The highest BCUT2D eigenvalue weighted by molar-refractivity contribution is 5.36. The lowest BCUT2D eigenvalue weighted by molar-refractivity contribution is -0.303. The van der Waals surface area contributed by atoms with Crippen LogP contribution in [0.2, 0.25) is 0 Å². The molecule has 0 radical (unpaired) electrons. The van der Waals surface area contributed by atoms with Gasteiger partial charge in [0.2, 0.25) is 6.29 Å². The molecule has 10 atom stereocenters. The van der Waals surface area contributed by atoms with E-state index in [-0.39, 0.29) is 6.42 Å². The Balaban J connectivity index is 1.72. The highest BCUT2D eigenvalue weighted by atomic mass is 16.7. The molecule has 1 saturated heterocycles. The normalized spacial score (nSPS) is 40.3. The van der Waals surface area contributed by atoms with E-state index in [9.17, 15) is 35.7 Å². The van der Waals surface area contributed by atoms with Crippen LogP contribution in [0.15, 0.2) is 18.2 Å². The lowest BCUT2D eigenvalue weighted by atomic mass is 9.81. The van der Waals surface area contributed by atoms with Crippen LogP contribution in [0.5, 0.6) is 5.75 Å². The van der Waals surface area contributed by atoms with Crippen molar-refractivity contribution in [1.82, 2.24) is 0 Å². The van der Waals surface area contributed by atoms with Crippen LogP contribution < -0.4 is 4.74 Å². The van der Waals surface area contributed by atoms with Gasteiger partial charge in [-0.1, -0.05) is 19.1 Å². The van der Waals surface area contributed by atoms with Gasteiger partial charge in [-0.05, 0) is 37.0 Å². The summed E-state index contributed by atoms with van der Waals surface area (Å²) < 4.78 is 17.2. The van der Waals surface area contributed by atoms with E-state index in [2.05, 4.69) is 0 Å². The standard InChI is InChI=1S/C22H34O10/c1-3-11-4-5-13(10(2)6-11)31-22-20(29)19(28)21(15(9-24)32-22)30-14-7-12(8-23)16(25)18(27)17(14)26/h4-6,12,14-29H,3,7-9H2,1-2H3. The third kappa shape index (κ3) is 5.09. The van der Waals surface area contributed by atoms with Crippen LogP contribution in [-0.4, -0.2) is 104 Å². The smallest absolute Gasteiger partial charge is 0.229 e. The average Bonchev–Trinajstić information content (AvgIpc) is 2.79. The fourth-order valence-corrected chi connectivity index (χ4v) is 4.31. The van der Waals surface area contributed by atoms with Crippen molar-refractivity contribution in [3.8, 4) is 5.75 Å². The molecule has 32 heavy (non-hydrogen) atoms. The van der Waals surface area contributed by atoms with Gasteiger partial charge in [0.1, 0.15) is 42.4 Å². The second kappa shape index (κ2) is 10.7. The summed E-state index contributed by atoms with van der Waals surface area (Å²) in [6.07, 6.45) is -11.3. The van der Waals surface area contributed by atoms with Crippen molar-refractivity contribution in [3.05, 3.63) is 29.3 Å². The summed E-state index contributed by atoms with van der Waals surface area (Å²) >= 11 is 0.